The van der Waals surface area contributed by atoms with Crippen LogP contribution in [0, 0.1) is 0 Å². The summed E-state index contributed by atoms with van der Waals surface area (Å²) in [5.74, 6) is 0.251. The summed E-state index contributed by atoms with van der Waals surface area (Å²) in [4.78, 5) is 33.8. The lowest BCUT2D eigenvalue weighted by atomic mass is 10.2. The van der Waals surface area contributed by atoms with E-state index in [0.29, 0.717) is 37.6 Å². The molecule has 0 atom stereocenters. The molecular formula is C23H25N5O6S. The number of aromatic nitrogens is 3. The van der Waals surface area contributed by atoms with E-state index in [4.69, 9.17) is 9.26 Å². The van der Waals surface area contributed by atoms with Crippen molar-refractivity contribution in [1.29, 1.82) is 0 Å². The van der Waals surface area contributed by atoms with Gasteiger partial charge in [-0.25, -0.2) is 13.2 Å². The van der Waals surface area contributed by atoms with Crippen LogP contribution in [-0.2, 0) is 26.0 Å². The first-order valence-electron chi connectivity index (χ1n) is 11.1. The number of esters is 1. The highest BCUT2D eigenvalue weighted by Crippen LogP contribution is 2.19. The monoisotopic (exact) mass is 499 g/mol. The largest absolute Gasteiger partial charge is 0.462 e. The normalized spacial score (nSPS) is 14.6. The first kappa shape index (κ1) is 24.5. The van der Waals surface area contributed by atoms with Gasteiger partial charge < -0.3 is 14.2 Å². The second-order valence-corrected chi connectivity index (χ2v) is 9.87. The predicted octanol–water partition coefficient (Wildman–Crippen LogP) is 1.77. The molecule has 1 aliphatic rings. The van der Waals surface area contributed by atoms with Crippen molar-refractivity contribution in [3.8, 4) is 11.4 Å². The minimum atomic E-state index is -3.71. The smallest absolute Gasteiger partial charge is 0.338 e. The van der Waals surface area contributed by atoms with E-state index in [0.717, 1.165) is 5.56 Å². The molecule has 184 valence electrons. The summed E-state index contributed by atoms with van der Waals surface area (Å²) in [6.07, 6.45) is 4.22. The van der Waals surface area contributed by atoms with Crippen molar-refractivity contribution in [2.45, 2.75) is 24.7 Å². The molecule has 0 saturated carbocycles. The van der Waals surface area contributed by atoms with Crippen molar-refractivity contribution < 1.29 is 27.3 Å². The second kappa shape index (κ2) is 10.7. The number of benzene rings is 1. The molecule has 1 fully saturated rings. The number of piperazine rings is 1. The van der Waals surface area contributed by atoms with Crippen LogP contribution >= 0.6 is 0 Å². The quantitative estimate of drug-likeness (QED) is 0.335. The van der Waals surface area contributed by atoms with Crippen LogP contribution in [0.2, 0.25) is 0 Å². The van der Waals surface area contributed by atoms with Gasteiger partial charge in [-0.05, 0) is 42.8 Å². The Bertz CT molecular complexity index is 1270. The second-order valence-electron chi connectivity index (χ2n) is 7.93. The molecule has 3 heterocycles. The molecule has 0 unspecified atom stereocenters. The molecule has 1 aromatic carbocycles. The Kier molecular flexibility index (Phi) is 7.51. The lowest BCUT2D eigenvalue weighted by Gasteiger charge is -2.33. The number of hydrogen-bond acceptors (Lipinski definition) is 9. The number of pyridine rings is 1. The number of aryl methyl sites for hydroxylation is 1. The SMILES string of the molecule is CC(=O)N1CCN(S(=O)(=O)c2ccc(C(=O)OCCCc3nc(-c4cccnc4)no3)cc2)CC1. The third kappa shape index (κ3) is 5.89. The zero-order valence-electron chi connectivity index (χ0n) is 19.2. The molecule has 1 amide bonds. The average molecular weight is 500 g/mol. The van der Waals surface area contributed by atoms with Gasteiger partial charge in [-0.15, -0.1) is 0 Å². The molecule has 2 aromatic heterocycles. The highest BCUT2D eigenvalue weighted by atomic mass is 32.2. The molecule has 0 radical (unpaired) electrons. The van der Waals surface area contributed by atoms with Crippen LogP contribution in [0.1, 0.15) is 29.6 Å². The van der Waals surface area contributed by atoms with Gasteiger partial charge in [0.1, 0.15) is 0 Å². The number of rotatable bonds is 8. The fourth-order valence-electron chi connectivity index (χ4n) is 3.60. The maximum Gasteiger partial charge on any atom is 0.338 e. The van der Waals surface area contributed by atoms with Crippen molar-refractivity contribution in [3.05, 3.63) is 60.2 Å². The van der Waals surface area contributed by atoms with E-state index >= 15 is 0 Å². The molecule has 0 N–H and O–H groups in total. The highest BCUT2D eigenvalue weighted by molar-refractivity contribution is 7.89. The number of hydrogen-bond donors (Lipinski definition) is 0. The molecule has 35 heavy (non-hydrogen) atoms. The molecule has 0 spiro atoms. The van der Waals surface area contributed by atoms with E-state index in [1.807, 2.05) is 6.07 Å². The Morgan fingerprint density at radius 3 is 2.49 bits per heavy atom. The lowest BCUT2D eigenvalue weighted by Crippen LogP contribution is -2.49. The number of ether oxygens (including phenoxy) is 1. The zero-order chi connectivity index (χ0) is 24.8. The summed E-state index contributed by atoms with van der Waals surface area (Å²) in [7, 11) is -3.71. The molecular weight excluding hydrogens is 474 g/mol. The van der Waals surface area contributed by atoms with Crippen molar-refractivity contribution in [3.63, 3.8) is 0 Å². The van der Waals surface area contributed by atoms with E-state index in [1.54, 1.807) is 23.4 Å². The summed E-state index contributed by atoms with van der Waals surface area (Å²) in [5.41, 5.74) is 1.000. The van der Waals surface area contributed by atoms with Crippen molar-refractivity contribution >= 4 is 21.9 Å². The molecule has 0 aliphatic carbocycles. The minimum absolute atomic E-state index is 0.0727. The van der Waals surface area contributed by atoms with Crippen LogP contribution in [0.15, 0.2) is 58.2 Å². The Labute approximate surface area is 202 Å². The summed E-state index contributed by atoms with van der Waals surface area (Å²) < 4.78 is 37.6. The Hall–Kier alpha value is -3.64. The van der Waals surface area contributed by atoms with Crippen LogP contribution in [0.4, 0.5) is 0 Å². The maximum atomic E-state index is 12.9. The number of sulfonamides is 1. The van der Waals surface area contributed by atoms with E-state index < -0.39 is 16.0 Å². The standard InChI is InChI=1S/C23H25N5O6S/c1-17(29)27-11-13-28(14-12-27)35(31,32)20-8-6-18(7-9-20)23(30)33-15-3-5-21-25-22(26-34-21)19-4-2-10-24-16-19/h2,4,6-10,16H,3,5,11-15H2,1H3. The van der Waals surface area contributed by atoms with Crippen LogP contribution in [0.5, 0.6) is 0 Å². The zero-order valence-corrected chi connectivity index (χ0v) is 20.0. The van der Waals surface area contributed by atoms with Gasteiger partial charge in [0.2, 0.25) is 27.6 Å². The minimum Gasteiger partial charge on any atom is -0.462 e. The molecule has 1 saturated heterocycles. The summed E-state index contributed by atoms with van der Waals surface area (Å²) in [6.45, 7) is 2.78. The summed E-state index contributed by atoms with van der Waals surface area (Å²) in [5, 5.41) is 3.92. The lowest BCUT2D eigenvalue weighted by molar-refractivity contribution is -0.129. The van der Waals surface area contributed by atoms with E-state index in [1.165, 1.54) is 35.5 Å². The van der Waals surface area contributed by atoms with Gasteiger partial charge in [0.25, 0.3) is 0 Å². The number of carbonyl (C=O) groups is 2. The Balaban J connectivity index is 1.25. The van der Waals surface area contributed by atoms with Gasteiger partial charge in [0.05, 0.1) is 17.1 Å². The van der Waals surface area contributed by atoms with Gasteiger partial charge in [-0.1, -0.05) is 5.16 Å². The Morgan fingerprint density at radius 1 is 1.09 bits per heavy atom. The van der Waals surface area contributed by atoms with E-state index in [-0.39, 0.29) is 36.1 Å². The fourth-order valence-corrected chi connectivity index (χ4v) is 5.02. The molecule has 3 aromatic rings. The number of carbonyl (C=O) groups excluding carboxylic acids is 2. The molecule has 4 rings (SSSR count). The van der Waals surface area contributed by atoms with Crippen molar-refractivity contribution in [2.24, 2.45) is 0 Å². The molecule has 11 nitrogen and oxygen atoms in total. The van der Waals surface area contributed by atoms with Gasteiger partial charge in [-0.3, -0.25) is 9.78 Å². The topological polar surface area (TPSA) is 136 Å². The highest BCUT2D eigenvalue weighted by Gasteiger charge is 2.29. The van der Waals surface area contributed by atoms with Crippen LogP contribution in [0.25, 0.3) is 11.4 Å². The summed E-state index contributed by atoms with van der Waals surface area (Å²) in [6, 6.07) is 9.25. The van der Waals surface area contributed by atoms with Crippen LogP contribution in [-0.4, -0.2) is 77.4 Å². The third-order valence-electron chi connectivity index (χ3n) is 5.57. The first-order chi connectivity index (χ1) is 16.8. The number of amides is 1. The van der Waals surface area contributed by atoms with Crippen molar-refractivity contribution in [1.82, 2.24) is 24.3 Å². The fraction of sp³-hybridized carbons (Fsp3) is 0.348. The molecule has 12 heteroatoms. The molecule has 1 aliphatic heterocycles. The Morgan fingerprint density at radius 2 is 1.83 bits per heavy atom. The van der Waals surface area contributed by atoms with Gasteiger partial charge in [-0.2, -0.15) is 9.29 Å². The first-order valence-corrected chi connectivity index (χ1v) is 12.5. The molecule has 0 bridgehead atoms. The van der Waals surface area contributed by atoms with Crippen molar-refractivity contribution in [2.75, 3.05) is 32.8 Å². The van der Waals surface area contributed by atoms with Gasteiger partial charge in [0.15, 0.2) is 0 Å². The van der Waals surface area contributed by atoms with Crippen LogP contribution in [0.3, 0.4) is 0 Å². The number of nitrogens with zero attached hydrogens (tertiary/aromatic N) is 5. The maximum absolute atomic E-state index is 12.9. The predicted molar refractivity (Wildman–Crippen MR) is 124 cm³/mol. The van der Waals surface area contributed by atoms with Gasteiger partial charge >= 0.3 is 5.97 Å². The third-order valence-corrected chi connectivity index (χ3v) is 7.48. The van der Waals surface area contributed by atoms with E-state index in [9.17, 15) is 18.0 Å². The van der Waals surface area contributed by atoms with E-state index in [2.05, 4.69) is 15.1 Å². The average Bonchev–Trinajstić information content (AvgIpc) is 3.36. The summed E-state index contributed by atoms with van der Waals surface area (Å²) >= 11 is 0. The van der Waals surface area contributed by atoms with Gasteiger partial charge in [0, 0.05) is 57.5 Å². The van der Waals surface area contributed by atoms with Crippen LogP contribution < -0.4 is 0 Å².